The van der Waals surface area contributed by atoms with Crippen molar-refractivity contribution in [1.29, 1.82) is 0 Å². The van der Waals surface area contributed by atoms with E-state index in [1.165, 1.54) is 38.5 Å². The Balaban J connectivity index is -0.00000180. The van der Waals surface area contributed by atoms with Crippen LogP contribution in [-0.4, -0.2) is 11.9 Å². The van der Waals surface area contributed by atoms with E-state index in [1.807, 2.05) is 13.8 Å². The van der Waals surface area contributed by atoms with Crippen molar-refractivity contribution >= 4 is 11.9 Å². The first kappa shape index (κ1) is 23.4. The van der Waals surface area contributed by atoms with Gasteiger partial charge in [0.15, 0.2) is 0 Å². The van der Waals surface area contributed by atoms with Crippen LogP contribution in [0.1, 0.15) is 92.8 Å². The largest absolute Gasteiger partial charge is 1.00 e. The molecule has 0 fully saturated rings. The van der Waals surface area contributed by atoms with Gasteiger partial charge in [-0.3, -0.25) is 9.59 Å². The van der Waals surface area contributed by atoms with E-state index < -0.39 is 0 Å². The minimum Gasteiger partial charge on any atom is -1.00 e. The van der Waals surface area contributed by atoms with E-state index >= 15 is 0 Å². The fourth-order valence-corrected chi connectivity index (χ4v) is 2.22. The molecule has 0 radical (unpaired) electrons. The zero-order valence-electron chi connectivity index (χ0n) is 15.6. The Hall–Kier alpha value is 0.140. The van der Waals surface area contributed by atoms with Crippen molar-refractivity contribution in [2.75, 3.05) is 0 Å². The molecule has 1 atom stereocenters. The zero-order chi connectivity index (χ0) is 15.2. The summed E-state index contributed by atoms with van der Waals surface area (Å²) in [5.41, 5.74) is 0. The molecule has 0 bridgehead atoms. The van der Waals surface area contributed by atoms with Crippen LogP contribution in [0.3, 0.4) is 0 Å². The molecule has 0 aromatic heterocycles. The third-order valence-corrected chi connectivity index (χ3v) is 3.57. The molecule has 0 spiro atoms. The molecule has 0 rings (SSSR count). The summed E-state index contributed by atoms with van der Waals surface area (Å²) in [6.45, 7) is 6.05. The molecule has 3 nitrogen and oxygen atoms in total. The Labute approximate surface area is 154 Å². The molecule has 0 saturated heterocycles. The van der Waals surface area contributed by atoms with E-state index in [4.69, 9.17) is 4.74 Å². The first-order chi connectivity index (χ1) is 9.61. The van der Waals surface area contributed by atoms with Crippen molar-refractivity contribution in [3.63, 3.8) is 0 Å². The van der Waals surface area contributed by atoms with Gasteiger partial charge in [0.05, 0.1) is 5.92 Å². The number of unbranched alkanes of at least 4 members (excludes halogenated alkanes) is 7. The predicted molar refractivity (Wildman–Crippen MR) is 83.5 cm³/mol. The molecule has 0 aliphatic heterocycles. The molecule has 120 valence electrons. The summed E-state index contributed by atoms with van der Waals surface area (Å²) in [5, 5.41) is 0. The molecule has 0 N–H and O–H groups in total. The summed E-state index contributed by atoms with van der Waals surface area (Å²) in [6.07, 6.45) is 11.6. The minimum atomic E-state index is -0.364. The van der Waals surface area contributed by atoms with Crippen molar-refractivity contribution in [2.45, 2.75) is 91.4 Å². The Morgan fingerprint density at radius 1 is 0.905 bits per heavy atom. The van der Waals surface area contributed by atoms with E-state index in [2.05, 4.69) is 6.92 Å². The fourth-order valence-electron chi connectivity index (χ4n) is 2.22. The van der Waals surface area contributed by atoms with Gasteiger partial charge in [-0.2, -0.15) is 0 Å². The van der Waals surface area contributed by atoms with Crippen molar-refractivity contribution in [2.24, 2.45) is 5.92 Å². The van der Waals surface area contributed by atoms with Crippen LogP contribution in [0.2, 0.25) is 0 Å². The number of carbonyl (C=O) groups excluding carboxylic acids is 2. The van der Waals surface area contributed by atoms with Crippen LogP contribution in [0, 0.1) is 5.92 Å². The van der Waals surface area contributed by atoms with Gasteiger partial charge < -0.3 is 6.16 Å². The molecule has 0 aromatic carbocycles. The molecular formula is C17H33NaO3. The Bertz CT molecular complexity index is 273. The summed E-state index contributed by atoms with van der Waals surface area (Å²) < 4.78 is 4.85. The van der Waals surface area contributed by atoms with E-state index in [0.717, 1.165) is 25.7 Å². The van der Waals surface area contributed by atoms with Crippen LogP contribution in [0.5, 0.6) is 0 Å². The third-order valence-electron chi connectivity index (χ3n) is 3.57. The van der Waals surface area contributed by atoms with Gasteiger partial charge >= 0.3 is 41.5 Å². The van der Waals surface area contributed by atoms with Crippen molar-refractivity contribution in [3.8, 4) is 0 Å². The smallest absolute Gasteiger partial charge is 1.00 e. The Morgan fingerprint density at radius 3 is 1.95 bits per heavy atom. The summed E-state index contributed by atoms with van der Waals surface area (Å²) in [4.78, 5) is 23.0. The van der Waals surface area contributed by atoms with Gasteiger partial charge in [0.1, 0.15) is 0 Å². The molecule has 0 aliphatic rings. The summed E-state index contributed by atoms with van der Waals surface area (Å²) in [5.74, 6) is -0.886. The van der Waals surface area contributed by atoms with Crippen LogP contribution in [-0.2, 0) is 14.3 Å². The fraction of sp³-hybridized carbons (Fsp3) is 0.882. The number of hydrogen-bond donors (Lipinski definition) is 0. The van der Waals surface area contributed by atoms with Gasteiger partial charge in [-0.1, -0.05) is 72.1 Å². The van der Waals surface area contributed by atoms with Gasteiger partial charge in [-0.05, 0) is 12.8 Å². The van der Waals surface area contributed by atoms with Crippen molar-refractivity contribution in [1.82, 2.24) is 0 Å². The average molecular weight is 308 g/mol. The second kappa shape index (κ2) is 16.5. The topological polar surface area (TPSA) is 43.4 Å². The first-order valence-electron chi connectivity index (χ1n) is 8.36. The number of ether oxygens (including phenoxy) is 1. The van der Waals surface area contributed by atoms with Gasteiger partial charge in [0.2, 0.25) is 0 Å². The zero-order valence-corrected chi connectivity index (χ0v) is 16.6. The molecular weight excluding hydrogens is 275 g/mol. The molecule has 0 aromatic rings. The van der Waals surface area contributed by atoms with E-state index in [1.54, 1.807) is 0 Å². The average Bonchev–Trinajstić information content (AvgIpc) is 2.42. The molecule has 0 heterocycles. The van der Waals surface area contributed by atoms with Crippen LogP contribution >= 0.6 is 0 Å². The standard InChI is InChI=1S/C17H32O3.Na.H/c1-4-6-7-8-9-10-11-12-14-16(18)20-17(19)15(3)13-5-2;;/h15H,4-14H2,1-3H3;;/q;+1;-1. The minimum absolute atomic E-state index is 0. The predicted octanol–water partition coefficient (Wildman–Crippen LogP) is 2.14. The maximum Gasteiger partial charge on any atom is 1.00 e. The summed E-state index contributed by atoms with van der Waals surface area (Å²) in [7, 11) is 0. The first-order valence-corrected chi connectivity index (χ1v) is 8.36. The molecule has 21 heavy (non-hydrogen) atoms. The van der Waals surface area contributed by atoms with Crippen LogP contribution in [0.15, 0.2) is 0 Å². The summed E-state index contributed by atoms with van der Waals surface area (Å²) >= 11 is 0. The monoisotopic (exact) mass is 308 g/mol. The van der Waals surface area contributed by atoms with Crippen LogP contribution in [0.25, 0.3) is 0 Å². The number of hydrogen-bond acceptors (Lipinski definition) is 3. The second-order valence-corrected chi connectivity index (χ2v) is 5.71. The molecule has 0 saturated carbocycles. The molecule has 1 unspecified atom stereocenters. The number of esters is 2. The normalized spacial score (nSPS) is 11.6. The van der Waals surface area contributed by atoms with E-state index in [-0.39, 0.29) is 48.8 Å². The second-order valence-electron chi connectivity index (χ2n) is 5.71. The van der Waals surface area contributed by atoms with Gasteiger partial charge in [0, 0.05) is 6.42 Å². The quantitative estimate of drug-likeness (QED) is 0.240. The summed E-state index contributed by atoms with van der Waals surface area (Å²) in [6, 6.07) is 0. The van der Waals surface area contributed by atoms with Gasteiger partial charge in [-0.25, -0.2) is 0 Å². The SMILES string of the molecule is CCCCCCCCCCC(=O)OC(=O)C(C)CCC.[H-].[Na+]. The third kappa shape index (κ3) is 14.8. The maximum atomic E-state index is 11.5. The molecule has 4 heteroatoms. The molecule has 0 amide bonds. The van der Waals surface area contributed by atoms with E-state index in [9.17, 15) is 9.59 Å². The number of carbonyl (C=O) groups is 2. The Kier molecular flexibility index (Phi) is 18.4. The molecule has 0 aliphatic carbocycles. The maximum absolute atomic E-state index is 11.5. The number of rotatable bonds is 12. The van der Waals surface area contributed by atoms with Gasteiger partial charge in [-0.15, -0.1) is 0 Å². The van der Waals surface area contributed by atoms with Crippen molar-refractivity contribution < 1.29 is 45.3 Å². The van der Waals surface area contributed by atoms with Gasteiger partial charge in [0.25, 0.3) is 0 Å². The van der Waals surface area contributed by atoms with Crippen LogP contribution < -0.4 is 29.6 Å². The Morgan fingerprint density at radius 2 is 1.43 bits per heavy atom. The van der Waals surface area contributed by atoms with Crippen LogP contribution in [0.4, 0.5) is 0 Å². The van der Waals surface area contributed by atoms with Crippen molar-refractivity contribution in [3.05, 3.63) is 0 Å². The van der Waals surface area contributed by atoms with E-state index in [0.29, 0.717) is 6.42 Å².